The van der Waals surface area contributed by atoms with E-state index in [1.807, 2.05) is 19.1 Å². The molecule has 1 aromatic rings. The van der Waals surface area contributed by atoms with E-state index in [1.54, 1.807) is 0 Å². The summed E-state index contributed by atoms with van der Waals surface area (Å²) < 4.78 is 0. The van der Waals surface area contributed by atoms with E-state index in [1.165, 1.54) is 0 Å². The van der Waals surface area contributed by atoms with Gasteiger partial charge >= 0.3 is 0 Å². The summed E-state index contributed by atoms with van der Waals surface area (Å²) in [6, 6.07) is 5.92. The van der Waals surface area contributed by atoms with Crippen molar-refractivity contribution in [3.63, 3.8) is 0 Å². The van der Waals surface area contributed by atoms with Crippen LogP contribution in [0.4, 0.5) is 5.82 Å². The molecule has 1 aliphatic heterocycles. The van der Waals surface area contributed by atoms with Crippen molar-refractivity contribution < 1.29 is 0 Å². The van der Waals surface area contributed by atoms with Gasteiger partial charge in [0.2, 0.25) is 0 Å². The van der Waals surface area contributed by atoms with Gasteiger partial charge in [-0.15, -0.1) is 0 Å². The Morgan fingerprint density at radius 3 is 2.32 bits per heavy atom. The van der Waals surface area contributed by atoms with Crippen LogP contribution >= 0.6 is 0 Å². The molecule has 1 aromatic heterocycles. The quantitative estimate of drug-likeness (QED) is 0.774. The first-order valence-electron chi connectivity index (χ1n) is 6.79. The fraction of sp³-hybridized carbons (Fsp3) is 0.600. The second-order valence-corrected chi connectivity index (χ2v) is 6.11. The summed E-state index contributed by atoms with van der Waals surface area (Å²) in [5.41, 5.74) is 1.83. The summed E-state index contributed by atoms with van der Waals surface area (Å²) in [5, 5.41) is 9.03. The van der Waals surface area contributed by atoms with Crippen LogP contribution < -0.4 is 4.90 Å². The highest BCUT2D eigenvalue weighted by atomic mass is 15.3. The number of nitrogens with zero attached hydrogens (tertiary/aromatic N) is 4. The van der Waals surface area contributed by atoms with E-state index in [0.717, 1.165) is 37.7 Å². The van der Waals surface area contributed by atoms with Crippen molar-refractivity contribution >= 4 is 5.82 Å². The maximum absolute atomic E-state index is 9.03. The van der Waals surface area contributed by atoms with Crippen molar-refractivity contribution in [1.29, 1.82) is 5.26 Å². The Kier molecular flexibility index (Phi) is 3.77. The lowest BCUT2D eigenvalue weighted by atomic mass is 10.0. The van der Waals surface area contributed by atoms with Crippen molar-refractivity contribution in [2.75, 3.05) is 31.1 Å². The number of pyridine rings is 1. The van der Waals surface area contributed by atoms with Gasteiger partial charge in [0.25, 0.3) is 0 Å². The zero-order chi connectivity index (χ0) is 14.0. The number of piperazine rings is 1. The highest BCUT2D eigenvalue weighted by molar-refractivity contribution is 5.47. The van der Waals surface area contributed by atoms with Crippen LogP contribution in [0.5, 0.6) is 0 Å². The Morgan fingerprint density at radius 2 is 1.79 bits per heavy atom. The summed E-state index contributed by atoms with van der Waals surface area (Å²) in [6.45, 7) is 12.7. The Labute approximate surface area is 115 Å². The molecule has 4 nitrogen and oxygen atoms in total. The molecule has 0 aromatic carbocycles. The highest BCUT2D eigenvalue weighted by Gasteiger charge is 2.26. The number of nitriles is 1. The Hall–Kier alpha value is -1.60. The van der Waals surface area contributed by atoms with E-state index in [-0.39, 0.29) is 5.54 Å². The molecule has 1 saturated heterocycles. The van der Waals surface area contributed by atoms with Crippen LogP contribution in [0.3, 0.4) is 0 Å². The van der Waals surface area contributed by atoms with E-state index in [0.29, 0.717) is 5.56 Å². The van der Waals surface area contributed by atoms with E-state index in [9.17, 15) is 0 Å². The largest absolute Gasteiger partial charge is 0.354 e. The Morgan fingerprint density at radius 1 is 1.16 bits per heavy atom. The van der Waals surface area contributed by atoms with Crippen LogP contribution in [0.25, 0.3) is 0 Å². The maximum atomic E-state index is 9.03. The normalized spacial score (nSPS) is 17.3. The van der Waals surface area contributed by atoms with E-state index in [2.05, 4.69) is 41.6 Å². The first-order chi connectivity index (χ1) is 8.90. The van der Waals surface area contributed by atoms with E-state index < -0.39 is 0 Å². The summed E-state index contributed by atoms with van der Waals surface area (Å²) in [6.07, 6.45) is 0. The average molecular weight is 258 g/mol. The minimum absolute atomic E-state index is 0.226. The van der Waals surface area contributed by atoms with Crippen molar-refractivity contribution in [2.24, 2.45) is 0 Å². The number of hydrogen-bond donors (Lipinski definition) is 0. The second kappa shape index (κ2) is 5.18. The van der Waals surface area contributed by atoms with Gasteiger partial charge < -0.3 is 4.90 Å². The lowest BCUT2D eigenvalue weighted by Gasteiger charge is -2.42. The Balaban J connectivity index is 2.10. The molecule has 19 heavy (non-hydrogen) atoms. The number of hydrogen-bond acceptors (Lipinski definition) is 4. The molecule has 4 heteroatoms. The molecule has 0 amide bonds. The molecule has 1 aliphatic rings. The van der Waals surface area contributed by atoms with Gasteiger partial charge in [0.15, 0.2) is 0 Å². The predicted molar refractivity (Wildman–Crippen MR) is 77.2 cm³/mol. The molecule has 0 unspecified atom stereocenters. The molecule has 1 fully saturated rings. The molecule has 2 heterocycles. The zero-order valence-electron chi connectivity index (χ0n) is 12.3. The van der Waals surface area contributed by atoms with Crippen molar-refractivity contribution in [1.82, 2.24) is 9.88 Å². The standard InChI is InChI=1S/C15H22N4/c1-12-9-13(11-16)10-14(17-12)18-5-7-19(8-6-18)15(2,3)4/h9-10H,5-8H2,1-4H3. The van der Waals surface area contributed by atoms with Crippen LogP contribution in [-0.2, 0) is 0 Å². The van der Waals surface area contributed by atoms with E-state index in [4.69, 9.17) is 5.26 Å². The fourth-order valence-electron chi connectivity index (χ4n) is 2.48. The fourth-order valence-corrected chi connectivity index (χ4v) is 2.48. The average Bonchev–Trinajstić information content (AvgIpc) is 2.37. The topological polar surface area (TPSA) is 43.2 Å². The van der Waals surface area contributed by atoms with Gasteiger partial charge in [0.1, 0.15) is 5.82 Å². The van der Waals surface area contributed by atoms with Crippen LogP contribution in [0.1, 0.15) is 32.0 Å². The van der Waals surface area contributed by atoms with Crippen LogP contribution in [0.15, 0.2) is 12.1 Å². The molecule has 0 radical (unpaired) electrons. The number of anilines is 1. The van der Waals surface area contributed by atoms with Gasteiger partial charge in [-0.05, 0) is 39.8 Å². The summed E-state index contributed by atoms with van der Waals surface area (Å²) in [7, 11) is 0. The van der Waals surface area contributed by atoms with Crippen molar-refractivity contribution in [3.8, 4) is 6.07 Å². The van der Waals surface area contributed by atoms with Crippen LogP contribution in [0.2, 0.25) is 0 Å². The molecule has 0 N–H and O–H groups in total. The number of aromatic nitrogens is 1. The maximum Gasteiger partial charge on any atom is 0.130 e. The summed E-state index contributed by atoms with van der Waals surface area (Å²) in [4.78, 5) is 9.31. The Bertz CT molecular complexity index is 488. The number of rotatable bonds is 1. The minimum Gasteiger partial charge on any atom is -0.354 e. The zero-order valence-corrected chi connectivity index (χ0v) is 12.3. The second-order valence-electron chi connectivity index (χ2n) is 6.11. The van der Waals surface area contributed by atoms with Crippen LogP contribution in [-0.4, -0.2) is 41.6 Å². The molecule has 0 atom stereocenters. The van der Waals surface area contributed by atoms with Crippen LogP contribution in [0, 0.1) is 18.3 Å². The van der Waals surface area contributed by atoms with Gasteiger partial charge in [-0.3, -0.25) is 4.90 Å². The minimum atomic E-state index is 0.226. The smallest absolute Gasteiger partial charge is 0.130 e. The lowest BCUT2D eigenvalue weighted by molar-refractivity contribution is 0.128. The third-order valence-corrected chi connectivity index (χ3v) is 3.62. The molecular weight excluding hydrogens is 236 g/mol. The van der Waals surface area contributed by atoms with Gasteiger partial charge in [-0.2, -0.15) is 5.26 Å². The predicted octanol–water partition coefficient (Wildman–Crippen LogP) is 2.18. The first-order valence-corrected chi connectivity index (χ1v) is 6.79. The van der Waals surface area contributed by atoms with Gasteiger partial charge in [-0.1, -0.05) is 0 Å². The summed E-state index contributed by atoms with van der Waals surface area (Å²) in [5.74, 6) is 0.935. The molecule has 0 aliphatic carbocycles. The summed E-state index contributed by atoms with van der Waals surface area (Å²) >= 11 is 0. The third-order valence-electron chi connectivity index (χ3n) is 3.62. The third kappa shape index (κ3) is 3.24. The SMILES string of the molecule is Cc1cc(C#N)cc(N2CCN(C(C)(C)C)CC2)n1. The van der Waals surface area contributed by atoms with E-state index >= 15 is 0 Å². The molecular formula is C15H22N4. The first kappa shape index (κ1) is 13.8. The highest BCUT2D eigenvalue weighted by Crippen LogP contribution is 2.20. The monoisotopic (exact) mass is 258 g/mol. The molecule has 0 saturated carbocycles. The lowest BCUT2D eigenvalue weighted by Crippen LogP contribution is -2.53. The molecule has 0 bridgehead atoms. The van der Waals surface area contributed by atoms with Crippen molar-refractivity contribution in [2.45, 2.75) is 33.2 Å². The molecule has 0 spiro atoms. The van der Waals surface area contributed by atoms with Gasteiger partial charge in [0.05, 0.1) is 11.6 Å². The van der Waals surface area contributed by atoms with Gasteiger partial charge in [-0.25, -0.2) is 4.98 Å². The number of aryl methyl sites for hydroxylation is 1. The molecule has 102 valence electrons. The molecule has 2 rings (SSSR count). The van der Waals surface area contributed by atoms with Gasteiger partial charge in [0, 0.05) is 37.4 Å². The van der Waals surface area contributed by atoms with Crippen molar-refractivity contribution in [3.05, 3.63) is 23.4 Å².